The maximum Gasteiger partial charge on any atom is 0.435 e. The molecule has 0 fully saturated rings. The second-order valence-corrected chi connectivity index (χ2v) is 4.63. The molecule has 0 atom stereocenters. The first-order valence-electron chi connectivity index (χ1n) is 6.31. The summed E-state index contributed by atoms with van der Waals surface area (Å²) in [6.45, 7) is -0.276. The number of alkyl halides is 3. The van der Waals surface area contributed by atoms with Crippen molar-refractivity contribution in [2.24, 2.45) is 7.05 Å². The molecule has 0 aliphatic rings. The number of rotatable bonds is 4. The standard InChI is InChI=1S/C13H11F3N4O3/c1-19-7-9(11(18-19)13(14,15)16)12(21)17-6-8-4-2-3-5-10(8)20(22)23/h2-5,7H,6H2,1H3,(H,17,21). The number of carbonyl (C=O) groups is 1. The first-order valence-corrected chi connectivity index (χ1v) is 6.31. The minimum absolute atomic E-state index is 0.184. The molecule has 1 heterocycles. The normalized spacial score (nSPS) is 11.3. The van der Waals surface area contributed by atoms with Gasteiger partial charge in [0, 0.05) is 31.4 Å². The average Bonchev–Trinajstić information content (AvgIpc) is 2.87. The lowest BCUT2D eigenvalue weighted by Gasteiger charge is -2.07. The van der Waals surface area contributed by atoms with Crippen molar-refractivity contribution in [3.63, 3.8) is 0 Å². The van der Waals surface area contributed by atoms with Crippen LogP contribution in [0.5, 0.6) is 0 Å². The summed E-state index contributed by atoms with van der Waals surface area (Å²) in [6.07, 6.45) is -3.83. The summed E-state index contributed by atoms with van der Waals surface area (Å²) in [7, 11) is 1.26. The van der Waals surface area contributed by atoms with Crippen LogP contribution < -0.4 is 5.32 Å². The average molecular weight is 328 g/mol. The van der Waals surface area contributed by atoms with Gasteiger partial charge in [-0.3, -0.25) is 19.6 Å². The van der Waals surface area contributed by atoms with E-state index in [0.29, 0.717) is 0 Å². The fourth-order valence-corrected chi connectivity index (χ4v) is 1.97. The maximum atomic E-state index is 12.8. The van der Waals surface area contributed by atoms with Gasteiger partial charge in [0.15, 0.2) is 5.69 Å². The summed E-state index contributed by atoms with van der Waals surface area (Å²) < 4.78 is 39.3. The molecular weight excluding hydrogens is 317 g/mol. The number of benzene rings is 1. The van der Waals surface area contributed by atoms with Crippen LogP contribution in [0, 0.1) is 10.1 Å². The van der Waals surface area contributed by atoms with Gasteiger partial charge in [-0.1, -0.05) is 18.2 Å². The van der Waals surface area contributed by atoms with Gasteiger partial charge in [0.2, 0.25) is 0 Å². The van der Waals surface area contributed by atoms with Crippen LogP contribution >= 0.6 is 0 Å². The predicted octanol–water partition coefficient (Wildman–Crippen LogP) is 2.28. The zero-order valence-electron chi connectivity index (χ0n) is 11.8. The first kappa shape index (κ1) is 16.5. The lowest BCUT2D eigenvalue weighted by molar-refractivity contribution is -0.385. The third-order valence-electron chi connectivity index (χ3n) is 2.97. The van der Waals surface area contributed by atoms with Crippen molar-refractivity contribution in [2.75, 3.05) is 0 Å². The minimum Gasteiger partial charge on any atom is -0.348 e. The lowest BCUT2D eigenvalue weighted by atomic mass is 10.1. The molecule has 1 amide bonds. The number of aryl methyl sites for hydroxylation is 1. The van der Waals surface area contributed by atoms with Gasteiger partial charge in [0.05, 0.1) is 10.5 Å². The fraction of sp³-hybridized carbons (Fsp3) is 0.231. The molecule has 0 bridgehead atoms. The Morgan fingerprint density at radius 3 is 2.65 bits per heavy atom. The van der Waals surface area contributed by atoms with E-state index in [4.69, 9.17) is 0 Å². The van der Waals surface area contributed by atoms with E-state index in [1.54, 1.807) is 0 Å². The summed E-state index contributed by atoms with van der Waals surface area (Å²) >= 11 is 0. The van der Waals surface area contributed by atoms with Gasteiger partial charge in [-0.15, -0.1) is 0 Å². The number of nitro benzene ring substituents is 1. The van der Waals surface area contributed by atoms with Crippen LogP contribution in [0.2, 0.25) is 0 Å². The Morgan fingerprint density at radius 2 is 2.04 bits per heavy atom. The molecule has 0 aliphatic carbocycles. The van der Waals surface area contributed by atoms with E-state index in [9.17, 15) is 28.1 Å². The highest BCUT2D eigenvalue weighted by Gasteiger charge is 2.38. The number of nitrogens with zero attached hydrogens (tertiary/aromatic N) is 3. The largest absolute Gasteiger partial charge is 0.435 e. The quantitative estimate of drug-likeness (QED) is 0.688. The molecule has 1 N–H and O–H groups in total. The molecule has 0 saturated carbocycles. The van der Waals surface area contributed by atoms with Crippen LogP contribution in [0.4, 0.5) is 18.9 Å². The molecule has 2 rings (SSSR count). The molecule has 0 saturated heterocycles. The number of carbonyl (C=O) groups excluding carboxylic acids is 1. The second-order valence-electron chi connectivity index (χ2n) is 4.63. The second kappa shape index (κ2) is 6.07. The molecule has 0 aliphatic heterocycles. The first-order chi connectivity index (χ1) is 10.7. The molecule has 7 nitrogen and oxygen atoms in total. The highest BCUT2D eigenvalue weighted by Crippen LogP contribution is 2.30. The third-order valence-corrected chi connectivity index (χ3v) is 2.97. The third kappa shape index (κ3) is 3.65. The molecule has 1 aromatic heterocycles. The Bertz CT molecular complexity index is 755. The summed E-state index contributed by atoms with van der Waals surface area (Å²) in [6, 6.07) is 5.63. The van der Waals surface area contributed by atoms with Crippen LogP contribution in [0.3, 0.4) is 0 Å². The molecule has 10 heteroatoms. The Balaban J connectivity index is 2.20. The highest BCUT2D eigenvalue weighted by molar-refractivity contribution is 5.95. The van der Waals surface area contributed by atoms with Gasteiger partial charge in [0.1, 0.15) is 0 Å². The molecule has 0 unspecified atom stereocenters. The molecule has 2 aromatic rings. The number of aromatic nitrogens is 2. The van der Waals surface area contributed by atoms with Crippen LogP contribution in [-0.2, 0) is 19.8 Å². The minimum atomic E-state index is -4.77. The van der Waals surface area contributed by atoms with E-state index in [0.717, 1.165) is 10.9 Å². The van der Waals surface area contributed by atoms with E-state index in [1.807, 2.05) is 0 Å². The Labute approximate surface area is 127 Å². The Hall–Kier alpha value is -2.91. The van der Waals surface area contributed by atoms with Crippen LogP contribution in [-0.4, -0.2) is 20.6 Å². The van der Waals surface area contributed by atoms with E-state index < -0.39 is 28.3 Å². The summed E-state index contributed by atoms with van der Waals surface area (Å²) in [5.74, 6) is -1.01. The molecule has 122 valence electrons. The lowest BCUT2D eigenvalue weighted by Crippen LogP contribution is -2.25. The molecule has 1 aromatic carbocycles. The maximum absolute atomic E-state index is 12.8. The summed E-state index contributed by atoms with van der Waals surface area (Å²) in [5.41, 5.74) is -1.99. The SMILES string of the molecule is Cn1cc(C(=O)NCc2ccccc2[N+](=O)[O-])c(C(F)(F)F)n1. The van der Waals surface area contributed by atoms with Gasteiger partial charge in [-0.05, 0) is 0 Å². The summed E-state index contributed by atoms with van der Waals surface area (Å²) in [5, 5.41) is 16.3. The van der Waals surface area contributed by atoms with Crippen LogP contribution in [0.1, 0.15) is 21.6 Å². The fourth-order valence-electron chi connectivity index (χ4n) is 1.97. The van der Waals surface area contributed by atoms with Gasteiger partial charge >= 0.3 is 6.18 Å². The number of amides is 1. The number of nitro groups is 1. The van der Waals surface area contributed by atoms with Crippen molar-refractivity contribution >= 4 is 11.6 Å². The molecule has 0 radical (unpaired) electrons. The van der Waals surface area contributed by atoms with Gasteiger partial charge in [-0.2, -0.15) is 18.3 Å². The summed E-state index contributed by atoms with van der Waals surface area (Å²) in [4.78, 5) is 22.2. The van der Waals surface area contributed by atoms with E-state index in [-0.39, 0.29) is 17.8 Å². The smallest absolute Gasteiger partial charge is 0.348 e. The van der Waals surface area contributed by atoms with E-state index in [2.05, 4.69) is 10.4 Å². The number of hydrogen-bond acceptors (Lipinski definition) is 4. The number of para-hydroxylation sites is 1. The Morgan fingerprint density at radius 1 is 1.39 bits per heavy atom. The van der Waals surface area contributed by atoms with Crippen molar-refractivity contribution in [1.29, 1.82) is 0 Å². The zero-order chi connectivity index (χ0) is 17.2. The Kier molecular flexibility index (Phi) is 4.34. The van der Waals surface area contributed by atoms with Crippen molar-refractivity contribution in [2.45, 2.75) is 12.7 Å². The van der Waals surface area contributed by atoms with Crippen molar-refractivity contribution < 1.29 is 22.9 Å². The molecule has 0 spiro atoms. The van der Waals surface area contributed by atoms with Gasteiger partial charge < -0.3 is 5.32 Å². The number of halogens is 3. The van der Waals surface area contributed by atoms with Gasteiger partial charge in [-0.25, -0.2) is 0 Å². The highest BCUT2D eigenvalue weighted by atomic mass is 19.4. The monoisotopic (exact) mass is 328 g/mol. The predicted molar refractivity (Wildman–Crippen MR) is 72.5 cm³/mol. The molecular formula is C13H11F3N4O3. The van der Waals surface area contributed by atoms with Gasteiger partial charge in [0.25, 0.3) is 11.6 Å². The zero-order valence-corrected chi connectivity index (χ0v) is 11.8. The number of hydrogen-bond donors (Lipinski definition) is 1. The molecule has 23 heavy (non-hydrogen) atoms. The van der Waals surface area contributed by atoms with E-state index >= 15 is 0 Å². The van der Waals surface area contributed by atoms with Crippen LogP contribution in [0.15, 0.2) is 30.5 Å². The van der Waals surface area contributed by atoms with Crippen LogP contribution in [0.25, 0.3) is 0 Å². The van der Waals surface area contributed by atoms with Crippen molar-refractivity contribution in [3.05, 3.63) is 57.4 Å². The van der Waals surface area contributed by atoms with Crippen molar-refractivity contribution in [1.82, 2.24) is 15.1 Å². The number of nitrogens with one attached hydrogen (secondary N) is 1. The van der Waals surface area contributed by atoms with Crippen molar-refractivity contribution in [3.8, 4) is 0 Å². The topological polar surface area (TPSA) is 90.1 Å². The van der Waals surface area contributed by atoms with E-state index in [1.165, 1.54) is 31.3 Å².